The number of likely N-dealkylation sites (N-methyl/N-ethyl adjacent to an activating group) is 1. The predicted molar refractivity (Wildman–Crippen MR) is 114 cm³/mol. The molecule has 0 bridgehead atoms. The van der Waals surface area contributed by atoms with Crippen LogP contribution in [0.5, 0.6) is 0 Å². The molecule has 2 aromatic carbocycles. The molecule has 0 unspecified atom stereocenters. The minimum atomic E-state index is -0.0733. The average molecular weight is 380 g/mol. The second-order valence-electron chi connectivity index (χ2n) is 7.18. The van der Waals surface area contributed by atoms with Gasteiger partial charge in [-0.05, 0) is 68.7 Å². The topological polar surface area (TPSA) is 65.7 Å². The summed E-state index contributed by atoms with van der Waals surface area (Å²) in [5.74, 6) is -0.0733. The zero-order valence-electron chi connectivity index (χ0n) is 17.0. The van der Waals surface area contributed by atoms with Crippen LogP contribution in [0, 0.1) is 20.8 Å². The van der Waals surface area contributed by atoms with Crippen molar-refractivity contribution in [2.24, 2.45) is 0 Å². The lowest BCUT2D eigenvalue weighted by Gasteiger charge is -2.22. The second-order valence-corrected chi connectivity index (χ2v) is 7.18. The van der Waals surface area contributed by atoms with Gasteiger partial charge in [0, 0.05) is 35.4 Å². The van der Waals surface area contributed by atoms with Gasteiger partial charge in [0.1, 0.15) is 5.58 Å². The minimum absolute atomic E-state index is 0.0733. The maximum absolute atomic E-state index is 12.6. The van der Waals surface area contributed by atoms with Crippen molar-refractivity contribution in [1.29, 1.82) is 0 Å². The molecule has 1 amide bonds. The smallest absolute Gasteiger partial charge is 0.228 e. The third kappa shape index (κ3) is 4.04. The number of nitrogens with one attached hydrogen (secondary N) is 1. The molecule has 0 aliphatic heterocycles. The number of carbonyl (C=O) groups is 1. The molecule has 1 heterocycles. The Hall–Kier alpha value is -2.79. The van der Waals surface area contributed by atoms with Gasteiger partial charge in [0.15, 0.2) is 0 Å². The van der Waals surface area contributed by atoms with Crippen molar-refractivity contribution >= 4 is 28.3 Å². The maximum atomic E-state index is 12.6. The number of furan rings is 1. The largest absolute Gasteiger partial charge is 0.464 e. The summed E-state index contributed by atoms with van der Waals surface area (Å²) >= 11 is 0. The van der Waals surface area contributed by atoms with Crippen LogP contribution in [0.3, 0.4) is 0 Å². The second kappa shape index (κ2) is 8.48. The van der Waals surface area contributed by atoms with Crippen LogP contribution in [0.25, 0.3) is 11.0 Å². The lowest BCUT2D eigenvalue weighted by molar-refractivity contribution is -0.115. The third-order valence-corrected chi connectivity index (χ3v) is 5.25. The number of hydrogen-bond acceptors (Lipinski definition) is 4. The molecule has 0 aliphatic rings. The van der Waals surface area contributed by atoms with Gasteiger partial charge in [0.05, 0.1) is 19.3 Å². The molecule has 5 heteroatoms. The maximum Gasteiger partial charge on any atom is 0.228 e. The highest BCUT2D eigenvalue weighted by Crippen LogP contribution is 2.30. The van der Waals surface area contributed by atoms with Crippen LogP contribution in [0.4, 0.5) is 11.4 Å². The first-order valence-corrected chi connectivity index (χ1v) is 9.67. The Bertz CT molecular complexity index is 974. The Morgan fingerprint density at radius 1 is 1.14 bits per heavy atom. The first kappa shape index (κ1) is 20.0. The van der Waals surface area contributed by atoms with Crippen molar-refractivity contribution in [3.05, 3.63) is 58.8 Å². The van der Waals surface area contributed by atoms with E-state index < -0.39 is 0 Å². The highest BCUT2D eigenvalue weighted by Gasteiger charge is 2.15. The van der Waals surface area contributed by atoms with E-state index in [2.05, 4.69) is 30.1 Å². The Morgan fingerprint density at radius 3 is 2.50 bits per heavy atom. The molecule has 0 saturated heterocycles. The van der Waals surface area contributed by atoms with Crippen LogP contribution in [0.2, 0.25) is 0 Å². The molecule has 2 N–H and O–H groups in total. The fraction of sp³-hybridized carbons (Fsp3) is 0.348. The number of aryl methyl sites for hydroxylation is 3. The molecular formula is C23H28N2O3. The minimum Gasteiger partial charge on any atom is -0.464 e. The highest BCUT2D eigenvalue weighted by atomic mass is 16.3. The van der Waals surface area contributed by atoms with E-state index >= 15 is 0 Å². The van der Waals surface area contributed by atoms with Gasteiger partial charge in [-0.3, -0.25) is 4.79 Å². The number of hydrogen-bond donors (Lipinski definition) is 2. The first-order chi connectivity index (χ1) is 13.4. The highest BCUT2D eigenvalue weighted by molar-refractivity contribution is 5.97. The number of fused-ring (bicyclic) bond motifs is 1. The van der Waals surface area contributed by atoms with Gasteiger partial charge >= 0.3 is 0 Å². The van der Waals surface area contributed by atoms with E-state index in [4.69, 9.17) is 9.52 Å². The summed E-state index contributed by atoms with van der Waals surface area (Å²) < 4.78 is 5.76. The number of carbonyl (C=O) groups excluding carboxylic acids is 1. The Labute approximate surface area is 166 Å². The summed E-state index contributed by atoms with van der Waals surface area (Å²) in [6.45, 7) is 9.74. The van der Waals surface area contributed by atoms with E-state index in [0.717, 1.165) is 45.6 Å². The molecule has 3 rings (SSSR count). The zero-order chi connectivity index (χ0) is 20.3. The molecule has 0 radical (unpaired) electrons. The number of nitrogens with zero attached hydrogens (tertiary/aromatic N) is 1. The predicted octanol–water partition coefficient (Wildman–Crippen LogP) is 4.36. The van der Waals surface area contributed by atoms with Crippen LogP contribution in [0.15, 0.2) is 41.0 Å². The lowest BCUT2D eigenvalue weighted by Crippen LogP contribution is -2.26. The van der Waals surface area contributed by atoms with Crippen LogP contribution in [-0.2, 0) is 11.2 Å². The van der Waals surface area contributed by atoms with Gasteiger partial charge in [-0.15, -0.1) is 0 Å². The number of aliphatic hydroxyl groups is 1. The van der Waals surface area contributed by atoms with Gasteiger partial charge in [-0.2, -0.15) is 0 Å². The normalized spacial score (nSPS) is 11.0. The summed E-state index contributed by atoms with van der Waals surface area (Å²) in [6, 6.07) is 9.83. The fourth-order valence-corrected chi connectivity index (χ4v) is 3.64. The first-order valence-electron chi connectivity index (χ1n) is 9.67. The summed E-state index contributed by atoms with van der Waals surface area (Å²) in [5.41, 5.74) is 6.99. The molecule has 1 aromatic heterocycles. The van der Waals surface area contributed by atoms with Crippen LogP contribution >= 0.6 is 0 Å². The molecule has 0 saturated carbocycles. The van der Waals surface area contributed by atoms with E-state index in [1.54, 1.807) is 6.26 Å². The Kier molecular flexibility index (Phi) is 6.05. The Balaban J connectivity index is 1.73. The van der Waals surface area contributed by atoms with Crippen molar-refractivity contribution in [2.75, 3.05) is 29.9 Å². The quantitative estimate of drug-likeness (QED) is 0.639. The molecule has 5 nitrogen and oxygen atoms in total. The number of anilines is 2. The van der Waals surface area contributed by atoms with Gasteiger partial charge < -0.3 is 19.7 Å². The van der Waals surface area contributed by atoms with Gasteiger partial charge in [-0.25, -0.2) is 0 Å². The summed E-state index contributed by atoms with van der Waals surface area (Å²) in [7, 11) is 0. The van der Waals surface area contributed by atoms with Crippen molar-refractivity contribution in [3.63, 3.8) is 0 Å². The fourth-order valence-electron chi connectivity index (χ4n) is 3.64. The van der Waals surface area contributed by atoms with Crippen LogP contribution in [-0.4, -0.2) is 30.7 Å². The van der Waals surface area contributed by atoms with E-state index in [0.29, 0.717) is 6.54 Å². The monoisotopic (exact) mass is 380 g/mol. The van der Waals surface area contributed by atoms with Crippen LogP contribution in [0.1, 0.15) is 29.2 Å². The summed E-state index contributed by atoms with van der Waals surface area (Å²) in [4.78, 5) is 14.6. The molecule has 0 atom stereocenters. The van der Waals surface area contributed by atoms with Crippen LogP contribution < -0.4 is 10.2 Å². The number of rotatable bonds is 7. The molecule has 3 aromatic rings. The standard InChI is InChI=1S/C23H28N2O3/c1-5-25(10-11-26)20-8-6-19(7-9-20)24-21(27)13-18-14-28-23-17(4)15(2)12-16(3)22(18)23/h6-9,12,14,26H,5,10-11,13H2,1-4H3,(H,24,27). The van der Waals surface area contributed by atoms with Crippen molar-refractivity contribution in [3.8, 4) is 0 Å². The summed E-state index contributed by atoms with van der Waals surface area (Å²) in [6.07, 6.45) is 1.96. The van der Waals surface area contributed by atoms with Crippen molar-refractivity contribution in [1.82, 2.24) is 0 Å². The van der Waals surface area contributed by atoms with Crippen molar-refractivity contribution in [2.45, 2.75) is 34.1 Å². The van der Waals surface area contributed by atoms with E-state index in [1.165, 1.54) is 5.56 Å². The number of benzene rings is 2. The molecule has 148 valence electrons. The molecule has 0 spiro atoms. The average Bonchev–Trinajstić information content (AvgIpc) is 3.09. The third-order valence-electron chi connectivity index (χ3n) is 5.25. The molecule has 28 heavy (non-hydrogen) atoms. The lowest BCUT2D eigenvalue weighted by atomic mass is 9.99. The number of aliphatic hydroxyl groups excluding tert-OH is 1. The number of amides is 1. The summed E-state index contributed by atoms with van der Waals surface area (Å²) in [5, 5.41) is 13.1. The van der Waals surface area contributed by atoms with Crippen molar-refractivity contribution < 1.29 is 14.3 Å². The zero-order valence-corrected chi connectivity index (χ0v) is 17.0. The SMILES string of the molecule is CCN(CCO)c1ccc(NC(=O)Cc2coc3c(C)c(C)cc(C)c23)cc1. The van der Waals surface area contributed by atoms with E-state index in [9.17, 15) is 4.79 Å². The van der Waals surface area contributed by atoms with E-state index in [1.807, 2.05) is 38.1 Å². The Morgan fingerprint density at radius 2 is 1.86 bits per heavy atom. The molecule has 0 aliphatic carbocycles. The van der Waals surface area contributed by atoms with Gasteiger partial charge in [-0.1, -0.05) is 6.07 Å². The van der Waals surface area contributed by atoms with Gasteiger partial charge in [0.2, 0.25) is 5.91 Å². The molecular weight excluding hydrogens is 352 g/mol. The van der Waals surface area contributed by atoms with E-state index in [-0.39, 0.29) is 18.9 Å². The molecule has 0 fully saturated rings. The van der Waals surface area contributed by atoms with Gasteiger partial charge in [0.25, 0.3) is 0 Å².